The molecule has 0 aliphatic carbocycles. The van der Waals surface area contributed by atoms with Gasteiger partial charge in [0.05, 0.1) is 0 Å². The fraction of sp³-hybridized carbons (Fsp3) is 0.364. The average molecular weight is 215 g/mol. The molecule has 1 aliphatic heterocycles. The van der Waals surface area contributed by atoms with Crippen LogP contribution in [0.2, 0.25) is 0 Å². The highest BCUT2D eigenvalue weighted by Gasteiger charge is 2.18. The first-order valence-corrected chi connectivity index (χ1v) is 5.31. The van der Waals surface area contributed by atoms with E-state index in [4.69, 9.17) is 13.6 Å². The number of piperazine rings is 1. The van der Waals surface area contributed by atoms with Gasteiger partial charge in [0.2, 0.25) is 7.85 Å². The van der Waals surface area contributed by atoms with E-state index in [1.807, 2.05) is 24.3 Å². The Balaban J connectivity index is 2.01. The minimum absolute atomic E-state index is 0.341. The minimum atomic E-state index is -0.341. The maximum Gasteiger partial charge on any atom is 0.200 e. The van der Waals surface area contributed by atoms with Crippen LogP contribution in [-0.2, 0) is 0 Å². The lowest BCUT2D eigenvalue weighted by Crippen LogP contribution is -2.48. The zero-order valence-corrected chi connectivity index (χ0v) is 9.10. The molecule has 2 N–H and O–H groups in total. The van der Waals surface area contributed by atoms with E-state index in [1.165, 1.54) is 0 Å². The number of nitrogens with zero attached hydrogens (tertiary/aromatic N) is 2. The van der Waals surface area contributed by atoms with Crippen molar-refractivity contribution in [1.29, 1.82) is 0 Å². The van der Waals surface area contributed by atoms with Crippen LogP contribution in [0.1, 0.15) is 0 Å². The number of hydrogen-bond acceptors (Lipinski definition) is 3. The molecule has 0 spiro atoms. The molecule has 0 bridgehead atoms. The number of carbonyl (C=O) groups is 1. The molecular weight excluding hydrogens is 201 g/mol. The second-order valence-corrected chi connectivity index (χ2v) is 3.91. The van der Waals surface area contributed by atoms with Gasteiger partial charge in [-0.3, -0.25) is 4.79 Å². The molecule has 16 heavy (non-hydrogen) atoms. The normalized spacial score (nSPS) is 16.2. The lowest BCUT2D eigenvalue weighted by molar-refractivity contribution is 0.218. The summed E-state index contributed by atoms with van der Waals surface area (Å²) in [5.41, 5.74) is 7.59. The summed E-state index contributed by atoms with van der Waals surface area (Å²) < 4.78 is 0. The average Bonchev–Trinajstić information content (AvgIpc) is 2.29. The summed E-state index contributed by atoms with van der Waals surface area (Å²) in [5.74, 6) is -0.341. The Morgan fingerprint density at radius 1 is 1.25 bits per heavy atom. The summed E-state index contributed by atoms with van der Waals surface area (Å²) in [6, 6.07) is 7.77. The first-order valence-electron chi connectivity index (χ1n) is 5.31. The number of carbonyl (C=O) groups excluding carboxylic acids is 1. The molecule has 0 aromatic heterocycles. The highest BCUT2D eigenvalue weighted by molar-refractivity contribution is 6.56. The summed E-state index contributed by atoms with van der Waals surface area (Å²) in [6.45, 7) is 2.94. The van der Waals surface area contributed by atoms with E-state index in [0.717, 1.165) is 24.5 Å². The van der Waals surface area contributed by atoms with Crippen LogP contribution in [0.4, 0.5) is 16.2 Å². The minimum Gasteiger partial charge on any atom is -0.399 e. The zero-order chi connectivity index (χ0) is 11.5. The molecule has 82 valence electrons. The molecule has 1 aromatic rings. The molecule has 2 radical (unpaired) electrons. The van der Waals surface area contributed by atoms with Crippen molar-refractivity contribution in [3.05, 3.63) is 24.3 Å². The number of nitrogens with two attached hydrogens (primary N) is 1. The molecule has 1 amide bonds. The Hall–Kier alpha value is -1.65. The van der Waals surface area contributed by atoms with E-state index < -0.39 is 0 Å². The van der Waals surface area contributed by atoms with Crippen LogP contribution >= 0.6 is 0 Å². The van der Waals surface area contributed by atoms with E-state index in [0.29, 0.717) is 13.1 Å². The maximum atomic E-state index is 11.0. The predicted octanol–water partition coefficient (Wildman–Crippen LogP) is 0.679. The molecule has 4 nitrogen and oxygen atoms in total. The number of hydrogen-bond donors (Lipinski definition) is 1. The third kappa shape index (κ3) is 2.29. The summed E-state index contributed by atoms with van der Waals surface area (Å²) >= 11 is 0. The Labute approximate surface area is 96.4 Å². The molecular formula is C11H14BN3O. The fourth-order valence-corrected chi connectivity index (χ4v) is 1.91. The van der Waals surface area contributed by atoms with Crippen molar-refractivity contribution in [3.63, 3.8) is 0 Å². The topological polar surface area (TPSA) is 49.6 Å². The Bertz CT molecular complexity index is 389. The van der Waals surface area contributed by atoms with Crippen LogP contribution in [0.15, 0.2) is 24.3 Å². The van der Waals surface area contributed by atoms with Gasteiger partial charge in [-0.15, -0.1) is 0 Å². The van der Waals surface area contributed by atoms with Gasteiger partial charge in [-0.2, -0.15) is 0 Å². The lowest BCUT2D eigenvalue weighted by atomic mass is 10.1. The van der Waals surface area contributed by atoms with E-state index in [2.05, 4.69) is 4.90 Å². The fourth-order valence-electron chi connectivity index (χ4n) is 1.91. The van der Waals surface area contributed by atoms with Crippen LogP contribution in [0.25, 0.3) is 0 Å². The third-order valence-electron chi connectivity index (χ3n) is 2.83. The molecule has 1 aromatic carbocycles. The second kappa shape index (κ2) is 4.47. The van der Waals surface area contributed by atoms with Crippen LogP contribution in [0, 0.1) is 0 Å². The van der Waals surface area contributed by atoms with Crippen molar-refractivity contribution in [2.75, 3.05) is 36.8 Å². The van der Waals surface area contributed by atoms with Gasteiger partial charge in [-0.25, -0.2) is 0 Å². The van der Waals surface area contributed by atoms with Crippen molar-refractivity contribution in [2.24, 2.45) is 0 Å². The van der Waals surface area contributed by atoms with Crippen molar-refractivity contribution < 1.29 is 4.79 Å². The summed E-state index contributed by atoms with van der Waals surface area (Å²) in [5, 5.41) is 0. The van der Waals surface area contributed by atoms with Crippen LogP contribution in [-0.4, -0.2) is 44.7 Å². The number of benzene rings is 1. The van der Waals surface area contributed by atoms with Gasteiger partial charge in [0, 0.05) is 37.6 Å². The van der Waals surface area contributed by atoms with Gasteiger partial charge < -0.3 is 15.5 Å². The highest BCUT2D eigenvalue weighted by atomic mass is 16.1. The van der Waals surface area contributed by atoms with Gasteiger partial charge in [-0.05, 0) is 18.2 Å². The molecule has 0 unspecified atom stereocenters. The van der Waals surface area contributed by atoms with E-state index in [1.54, 1.807) is 4.90 Å². The van der Waals surface area contributed by atoms with Crippen LogP contribution in [0.3, 0.4) is 0 Å². The van der Waals surface area contributed by atoms with E-state index in [9.17, 15) is 4.79 Å². The van der Waals surface area contributed by atoms with Crippen LogP contribution in [0.5, 0.6) is 0 Å². The quantitative estimate of drug-likeness (QED) is 0.553. The lowest BCUT2D eigenvalue weighted by Gasteiger charge is -2.36. The van der Waals surface area contributed by atoms with Gasteiger partial charge in [0.15, 0.2) is 5.81 Å². The number of rotatable bonds is 1. The monoisotopic (exact) mass is 215 g/mol. The Morgan fingerprint density at radius 2 is 1.94 bits per heavy atom. The first-order chi connectivity index (χ1) is 7.66. The van der Waals surface area contributed by atoms with E-state index >= 15 is 0 Å². The van der Waals surface area contributed by atoms with Crippen molar-refractivity contribution in [3.8, 4) is 0 Å². The standard InChI is InChI=1S/C11H14BN3O/c12-11(16)15-6-4-14(5-7-15)10-3-1-2-9(13)8-10/h1-3,8H,4-7,13H2. The molecule has 1 fully saturated rings. The maximum absolute atomic E-state index is 11.0. The molecule has 2 rings (SSSR count). The Morgan fingerprint density at radius 3 is 2.50 bits per heavy atom. The van der Waals surface area contributed by atoms with Gasteiger partial charge in [0.1, 0.15) is 0 Å². The van der Waals surface area contributed by atoms with Gasteiger partial charge in [-0.1, -0.05) is 6.07 Å². The zero-order valence-electron chi connectivity index (χ0n) is 9.10. The Kier molecular flexibility index (Phi) is 3.03. The first kappa shape index (κ1) is 10.9. The van der Waals surface area contributed by atoms with E-state index in [-0.39, 0.29) is 5.81 Å². The van der Waals surface area contributed by atoms with Gasteiger partial charge >= 0.3 is 0 Å². The van der Waals surface area contributed by atoms with Crippen molar-refractivity contribution >= 4 is 25.0 Å². The largest absolute Gasteiger partial charge is 0.399 e. The number of anilines is 2. The van der Waals surface area contributed by atoms with Crippen molar-refractivity contribution in [2.45, 2.75) is 0 Å². The van der Waals surface area contributed by atoms with Gasteiger partial charge in [0.25, 0.3) is 0 Å². The van der Waals surface area contributed by atoms with Crippen LogP contribution < -0.4 is 10.6 Å². The predicted molar refractivity (Wildman–Crippen MR) is 65.8 cm³/mol. The van der Waals surface area contributed by atoms with Crippen molar-refractivity contribution in [1.82, 2.24) is 4.90 Å². The molecule has 1 aliphatic rings. The molecule has 5 heteroatoms. The molecule has 1 heterocycles. The molecule has 0 saturated carbocycles. The number of nitrogen functional groups attached to an aromatic ring is 1. The summed E-state index contributed by atoms with van der Waals surface area (Å²) in [6.07, 6.45) is 0. The number of amides is 1. The smallest absolute Gasteiger partial charge is 0.200 e. The second-order valence-electron chi connectivity index (χ2n) is 3.91. The summed E-state index contributed by atoms with van der Waals surface area (Å²) in [7, 11) is 5.22. The third-order valence-corrected chi connectivity index (χ3v) is 2.83. The molecule has 1 saturated heterocycles. The molecule has 0 atom stereocenters. The summed E-state index contributed by atoms with van der Waals surface area (Å²) in [4.78, 5) is 14.8. The SMILES string of the molecule is [B]C(=O)N1CCN(c2cccc(N)c2)CC1. The highest BCUT2D eigenvalue weighted by Crippen LogP contribution is 2.18.